The van der Waals surface area contributed by atoms with Crippen molar-refractivity contribution in [3.63, 3.8) is 0 Å². The van der Waals surface area contributed by atoms with E-state index in [4.69, 9.17) is 0 Å². The molecule has 0 aliphatic rings. The number of carbonyl (C=O) groups is 1. The third kappa shape index (κ3) is 3.60. The van der Waals surface area contributed by atoms with E-state index in [-0.39, 0.29) is 5.69 Å². The number of nitrogens with zero attached hydrogens (tertiary/aromatic N) is 1. The van der Waals surface area contributed by atoms with Crippen LogP contribution in [0.25, 0.3) is 11.0 Å². The van der Waals surface area contributed by atoms with Gasteiger partial charge in [0.1, 0.15) is 5.75 Å². The fraction of sp³-hybridized carbons (Fsp3) is 0.0667. The SMILES string of the molecule is O=C(Nc1cccc(OC(F)(F)F)c1)c1ccc2nc[nH]c2c1. The molecule has 0 fully saturated rings. The highest BCUT2D eigenvalue weighted by molar-refractivity contribution is 6.05. The molecule has 1 heterocycles. The van der Waals surface area contributed by atoms with Gasteiger partial charge in [-0.05, 0) is 30.3 Å². The Bertz CT molecular complexity index is 858. The lowest BCUT2D eigenvalue weighted by Gasteiger charge is -2.10. The highest BCUT2D eigenvalue weighted by atomic mass is 19.4. The molecule has 1 amide bonds. The second-order valence-electron chi connectivity index (χ2n) is 4.66. The Morgan fingerprint density at radius 2 is 2.00 bits per heavy atom. The number of hydrogen-bond acceptors (Lipinski definition) is 3. The van der Waals surface area contributed by atoms with E-state index in [1.165, 1.54) is 18.5 Å². The molecule has 0 aliphatic heterocycles. The lowest BCUT2D eigenvalue weighted by molar-refractivity contribution is -0.274. The molecule has 0 spiro atoms. The van der Waals surface area contributed by atoms with Crippen LogP contribution in [-0.2, 0) is 0 Å². The van der Waals surface area contributed by atoms with Crippen LogP contribution in [0.15, 0.2) is 48.8 Å². The van der Waals surface area contributed by atoms with Crippen molar-refractivity contribution in [3.05, 3.63) is 54.4 Å². The molecule has 0 radical (unpaired) electrons. The van der Waals surface area contributed by atoms with Crippen LogP contribution in [0.5, 0.6) is 5.75 Å². The van der Waals surface area contributed by atoms with Gasteiger partial charge in [0.2, 0.25) is 0 Å². The number of aromatic amines is 1. The minimum atomic E-state index is -4.78. The number of rotatable bonds is 3. The fourth-order valence-corrected chi connectivity index (χ4v) is 2.05. The summed E-state index contributed by atoms with van der Waals surface area (Å²) >= 11 is 0. The largest absolute Gasteiger partial charge is 0.573 e. The third-order valence-corrected chi connectivity index (χ3v) is 3.01. The van der Waals surface area contributed by atoms with E-state index in [1.807, 2.05) is 0 Å². The van der Waals surface area contributed by atoms with Gasteiger partial charge in [0.25, 0.3) is 5.91 Å². The first kappa shape index (κ1) is 14.9. The van der Waals surface area contributed by atoms with Gasteiger partial charge in [-0.1, -0.05) is 6.07 Å². The van der Waals surface area contributed by atoms with Crippen LogP contribution in [0.2, 0.25) is 0 Å². The number of anilines is 1. The maximum Gasteiger partial charge on any atom is 0.573 e. The number of H-pyrrole nitrogens is 1. The Morgan fingerprint density at radius 3 is 2.78 bits per heavy atom. The third-order valence-electron chi connectivity index (χ3n) is 3.01. The normalized spacial score (nSPS) is 11.4. The molecule has 5 nitrogen and oxygen atoms in total. The fourth-order valence-electron chi connectivity index (χ4n) is 2.05. The predicted octanol–water partition coefficient (Wildman–Crippen LogP) is 3.71. The van der Waals surface area contributed by atoms with Crippen LogP contribution >= 0.6 is 0 Å². The van der Waals surface area contributed by atoms with Crippen LogP contribution in [0.4, 0.5) is 18.9 Å². The first-order valence-corrected chi connectivity index (χ1v) is 6.51. The molecule has 0 saturated heterocycles. The number of aromatic nitrogens is 2. The van der Waals surface area contributed by atoms with Crippen LogP contribution < -0.4 is 10.1 Å². The molecule has 0 unspecified atom stereocenters. The van der Waals surface area contributed by atoms with Crippen LogP contribution in [0.1, 0.15) is 10.4 Å². The smallest absolute Gasteiger partial charge is 0.406 e. The zero-order chi connectivity index (χ0) is 16.4. The molecular weight excluding hydrogens is 311 g/mol. The summed E-state index contributed by atoms with van der Waals surface area (Å²) in [6.07, 6.45) is -3.28. The predicted molar refractivity (Wildman–Crippen MR) is 77.2 cm³/mol. The minimum Gasteiger partial charge on any atom is -0.406 e. The molecule has 3 aromatic rings. The Hall–Kier alpha value is -3.03. The number of benzene rings is 2. The summed E-state index contributed by atoms with van der Waals surface area (Å²) in [5.41, 5.74) is 1.94. The van der Waals surface area contributed by atoms with Gasteiger partial charge in [0.05, 0.1) is 17.4 Å². The van der Waals surface area contributed by atoms with E-state index in [1.54, 1.807) is 18.2 Å². The van der Waals surface area contributed by atoms with Gasteiger partial charge < -0.3 is 15.0 Å². The van der Waals surface area contributed by atoms with E-state index in [2.05, 4.69) is 20.0 Å². The lowest BCUT2D eigenvalue weighted by Crippen LogP contribution is -2.17. The standard InChI is InChI=1S/C15H10F3N3O2/c16-15(17,18)23-11-3-1-2-10(7-11)21-14(22)9-4-5-12-13(6-9)20-8-19-12/h1-8H,(H,19,20)(H,21,22). The topological polar surface area (TPSA) is 67.0 Å². The molecule has 0 aliphatic carbocycles. The Morgan fingerprint density at radius 1 is 1.17 bits per heavy atom. The van der Waals surface area contributed by atoms with Crippen molar-refractivity contribution in [1.82, 2.24) is 9.97 Å². The molecule has 0 bridgehead atoms. The summed E-state index contributed by atoms with van der Waals surface area (Å²) < 4.78 is 40.4. The number of hydrogen-bond donors (Lipinski definition) is 2. The molecule has 3 rings (SSSR count). The summed E-state index contributed by atoms with van der Waals surface area (Å²) in [6, 6.07) is 9.93. The number of nitrogens with one attached hydrogen (secondary N) is 2. The van der Waals surface area contributed by atoms with Crippen molar-refractivity contribution in [3.8, 4) is 5.75 Å². The van der Waals surface area contributed by atoms with Crippen molar-refractivity contribution in [1.29, 1.82) is 0 Å². The van der Waals surface area contributed by atoms with Gasteiger partial charge >= 0.3 is 6.36 Å². The van der Waals surface area contributed by atoms with Crippen LogP contribution in [0, 0.1) is 0 Å². The zero-order valence-electron chi connectivity index (χ0n) is 11.5. The second-order valence-corrected chi connectivity index (χ2v) is 4.66. The van der Waals surface area contributed by atoms with E-state index >= 15 is 0 Å². The van der Waals surface area contributed by atoms with Crippen molar-refractivity contribution >= 4 is 22.6 Å². The van der Waals surface area contributed by atoms with Crippen molar-refractivity contribution in [2.75, 3.05) is 5.32 Å². The van der Waals surface area contributed by atoms with Gasteiger partial charge in [-0.15, -0.1) is 13.2 Å². The van der Waals surface area contributed by atoms with Gasteiger partial charge in [-0.3, -0.25) is 4.79 Å². The average Bonchev–Trinajstić information content (AvgIpc) is 2.93. The van der Waals surface area contributed by atoms with Crippen LogP contribution in [-0.4, -0.2) is 22.2 Å². The summed E-state index contributed by atoms with van der Waals surface area (Å²) in [6.45, 7) is 0. The number of alkyl halides is 3. The Balaban J connectivity index is 1.78. The molecule has 23 heavy (non-hydrogen) atoms. The Kier molecular flexibility index (Phi) is 3.65. The van der Waals surface area contributed by atoms with E-state index in [0.29, 0.717) is 16.6 Å². The zero-order valence-corrected chi connectivity index (χ0v) is 11.5. The molecular formula is C15H10F3N3O2. The number of amides is 1. The summed E-state index contributed by atoms with van der Waals surface area (Å²) in [5.74, 6) is -0.857. The van der Waals surface area contributed by atoms with Gasteiger partial charge in [0, 0.05) is 17.3 Å². The summed E-state index contributed by atoms with van der Waals surface area (Å²) in [5, 5.41) is 2.52. The molecule has 2 N–H and O–H groups in total. The molecule has 8 heteroatoms. The summed E-state index contributed by atoms with van der Waals surface area (Å²) in [4.78, 5) is 19.1. The molecule has 0 saturated carbocycles. The first-order valence-electron chi connectivity index (χ1n) is 6.51. The molecule has 2 aromatic carbocycles. The summed E-state index contributed by atoms with van der Waals surface area (Å²) in [7, 11) is 0. The van der Waals surface area contributed by atoms with Gasteiger partial charge in [-0.2, -0.15) is 0 Å². The van der Waals surface area contributed by atoms with Gasteiger partial charge in [-0.25, -0.2) is 4.98 Å². The highest BCUT2D eigenvalue weighted by Crippen LogP contribution is 2.25. The maximum atomic E-state index is 12.2. The Labute approximate surface area is 128 Å². The first-order chi connectivity index (χ1) is 10.9. The number of fused-ring (bicyclic) bond motifs is 1. The quantitative estimate of drug-likeness (QED) is 0.773. The lowest BCUT2D eigenvalue weighted by atomic mass is 10.2. The van der Waals surface area contributed by atoms with Crippen molar-refractivity contribution in [2.24, 2.45) is 0 Å². The molecule has 118 valence electrons. The number of carbonyl (C=O) groups excluding carboxylic acids is 1. The average molecular weight is 321 g/mol. The highest BCUT2D eigenvalue weighted by Gasteiger charge is 2.31. The maximum absolute atomic E-state index is 12.2. The molecule has 1 aromatic heterocycles. The number of ether oxygens (including phenoxy) is 1. The number of imidazole rings is 1. The monoisotopic (exact) mass is 321 g/mol. The van der Waals surface area contributed by atoms with E-state index in [9.17, 15) is 18.0 Å². The van der Waals surface area contributed by atoms with Crippen molar-refractivity contribution < 1.29 is 22.7 Å². The second kappa shape index (κ2) is 5.64. The molecule has 0 atom stereocenters. The van der Waals surface area contributed by atoms with Gasteiger partial charge in [0.15, 0.2) is 0 Å². The van der Waals surface area contributed by atoms with Crippen molar-refractivity contribution in [2.45, 2.75) is 6.36 Å². The van der Waals surface area contributed by atoms with E-state index < -0.39 is 18.0 Å². The van der Waals surface area contributed by atoms with E-state index in [0.717, 1.165) is 12.1 Å². The minimum absolute atomic E-state index is 0.196. The van der Waals surface area contributed by atoms with Crippen LogP contribution in [0.3, 0.4) is 0 Å². The number of halogens is 3.